The van der Waals surface area contributed by atoms with Gasteiger partial charge in [0.15, 0.2) is 5.79 Å². The zero-order valence-electron chi connectivity index (χ0n) is 9.62. The van der Waals surface area contributed by atoms with Gasteiger partial charge in [-0.25, -0.2) is 0 Å². The lowest BCUT2D eigenvalue weighted by Gasteiger charge is -2.48. The van der Waals surface area contributed by atoms with Crippen LogP contribution in [0.3, 0.4) is 0 Å². The molecule has 84 valence electrons. The first-order valence-corrected chi connectivity index (χ1v) is 5.11. The summed E-state index contributed by atoms with van der Waals surface area (Å²) in [7, 11) is 3.37. The quantitative estimate of drug-likeness (QED) is 0.650. The molecule has 14 heavy (non-hydrogen) atoms. The van der Waals surface area contributed by atoms with Gasteiger partial charge in [0.25, 0.3) is 0 Å². The molecule has 0 amide bonds. The van der Waals surface area contributed by atoms with Gasteiger partial charge in [0.2, 0.25) is 0 Å². The molecule has 1 heterocycles. The van der Waals surface area contributed by atoms with Crippen molar-refractivity contribution in [1.82, 2.24) is 4.90 Å². The van der Waals surface area contributed by atoms with Crippen LogP contribution >= 0.6 is 0 Å². The van der Waals surface area contributed by atoms with E-state index in [9.17, 15) is 0 Å². The zero-order chi connectivity index (χ0) is 10.8. The second-order valence-corrected chi connectivity index (χ2v) is 4.40. The van der Waals surface area contributed by atoms with Gasteiger partial charge in [-0.1, -0.05) is 13.8 Å². The lowest BCUT2D eigenvalue weighted by molar-refractivity contribution is -0.275. The minimum absolute atomic E-state index is 0.238. The van der Waals surface area contributed by atoms with Crippen LogP contribution in [0.4, 0.5) is 0 Å². The van der Waals surface area contributed by atoms with Crippen molar-refractivity contribution in [2.75, 3.05) is 33.9 Å². The number of hydrogen-bond acceptors (Lipinski definition) is 4. The smallest absolute Gasteiger partial charge is 0.193 e. The molecular formula is C10H22N2O2. The number of likely N-dealkylation sites (tertiary alicyclic amines) is 1. The van der Waals surface area contributed by atoms with Gasteiger partial charge < -0.3 is 15.2 Å². The Kier molecular flexibility index (Phi) is 3.89. The highest BCUT2D eigenvalue weighted by Gasteiger charge is 2.43. The Morgan fingerprint density at radius 2 is 1.79 bits per heavy atom. The number of nitrogens with two attached hydrogens (primary N) is 1. The van der Waals surface area contributed by atoms with E-state index in [0.29, 0.717) is 5.92 Å². The molecule has 1 atom stereocenters. The highest BCUT2D eigenvalue weighted by Crippen LogP contribution is 2.25. The highest BCUT2D eigenvalue weighted by molar-refractivity contribution is 4.91. The Hall–Kier alpha value is -0.160. The van der Waals surface area contributed by atoms with Crippen molar-refractivity contribution in [2.24, 2.45) is 11.7 Å². The summed E-state index contributed by atoms with van der Waals surface area (Å²) in [5.74, 6) is 0.145. The first kappa shape index (κ1) is 11.9. The largest absolute Gasteiger partial charge is 0.351 e. The zero-order valence-corrected chi connectivity index (χ0v) is 9.62. The summed E-state index contributed by atoms with van der Waals surface area (Å²) in [6.07, 6.45) is 0. The molecule has 0 radical (unpaired) electrons. The maximum Gasteiger partial charge on any atom is 0.193 e. The highest BCUT2D eigenvalue weighted by atomic mass is 16.7. The van der Waals surface area contributed by atoms with Crippen LogP contribution in [-0.4, -0.2) is 50.6 Å². The molecule has 1 fully saturated rings. The molecule has 1 aliphatic heterocycles. The summed E-state index contributed by atoms with van der Waals surface area (Å²) in [4.78, 5) is 2.26. The standard InChI is InChI=1S/C10H22N2O2/c1-8(2)9(11)5-12-6-10(7-12,13-3)14-4/h8-9H,5-7,11H2,1-4H3. The number of rotatable bonds is 5. The Morgan fingerprint density at radius 3 is 2.14 bits per heavy atom. The molecule has 1 unspecified atom stereocenters. The minimum atomic E-state index is -0.378. The fraction of sp³-hybridized carbons (Fsp3) is 1.00. The Morgan fingerprint density at radius 1 is 1.29 bits per heavy atom. The van der Waals surface area contributed by atoms with E-state index < -0.39 is 0 Å². The summed E-state index contributed by atoms with van der Waals surface area (Å²) >= 11 is 0. The first-order valence-electron chi connectivity index (χ1n) is 5.11. The molecule has 2 N–H and O–H groups in total. The van der Waals surface area contributed by atoms with E-state index in [-0.39, 0.29) is 11.8 Å². The minimum Gasteiger partial charge on any atom is -0.351 e. The normalized spacial score (nSPS) is 23.6. The molecule has 1 aliphatic rings. The molecule has 0 spiro atoms. The molecule has 0 aliphatic carbocycles. The summed E-state index contributed by atoms with van der Waals surface area (Å²) in [6, 6.07) is 0.238. The molecule has 0 aromatic carbocycles. The SMILES string of the molecule is COC1(OC)CN(CC(N)C(C)C)C1. The van der Waals surface area contributed by atoms with E-state index in [0.717, 1.165) is 19.6 Å². The average molecular weight is 202 g/mol. The van der Waals surface area contributed by atoms with Crippen molar-refractivity contribution >= 4 is 0 Å². The predicted octanol–water partition coefficient (Wildman–Crippen LogP) is 0.274. The van der Waals surface area contributed by atoms with E-state index >= 15 is 0 Å². The van der Waals surface area contributed by atoms with Gasteiger partial charge in [0, 0.05) is 26.8 Å². The van der Waals surface area contributed by atoms with Crippen LogP contribution in [0.2, 0.25) is 0 Å². The van der Waals surface area contributed by atoms with Crippen molar-refractivity contribution in [3.05, 3.63) is 0 Å². The summed E-state index contributed by atoms with van der Waals surface area (Å²) in [5, 5.41) is 0. The monoisotopic (exact) mass is 202 g/mol. The van der Waals surface area contributed by atoms with Gasteiger partial charge in [0.05, 0.1) is 13.1 Å². The fourth-order valence-corrected chi connectivity index (χ4v) is 1.61. The van der Waals surface area contributed by atoms with E-state index in [1.165, 1.54) is 0 Å². The number of ether oxygens (including phenoxy) is 2. The average Bonchev–Trinajstić information content (AvgIpc) is 2.10. The van der Waals surface area contributed by atoms with Gasteiger partial charge in [-0.3, -0.25) is 4.90 Å². The maximum atomic E-state index is 5.98. The third-order valence-corrected chi connectivity index (χ3v) is 3.00. The van der Waals surface area contributed by atoms with Gasteiger partial charge in [-0.2, -0.15) is 0 Å². The van der Waals surface area contributed by atoms with Crippen molar-refractivity contribution in [3.63, 3.8) is 0 Å². The van der Waals surface area contributed by atoms with Crippen LogP contribution in [0.25, 0.3) is 0 Å². The van der Waals surface area contributed by atoms with E-state index in [1.807, 2.05) is 0 Å². The van der Waals surface area contributed by atoms with Crippen LogP contribution in [0.5, 0.6) is 0 Å². The molecule has 4 heteroatoms. The van der Waals surface area contributed by atoms with E-state index in [1.54, 1.807) is 14.2 Å². The topological polar surface area (TPSA) is 47.7 Å². The van der Waals surface area contributed by atoms with Crippen LogP contribution < -0.4 is 5.73 Å². The first-order chi connectivity index (χ1) is 6.53. The lowest BCUT2D eigenvalue weighted by Crippen LogP contribution is -2.65. The third-order valence-electron chi connectivity index (χ3n) is 3.00. The Bertz CT molecular complexity index is 170. The second-order valence-electron chi connectivity index (χ2n) is 4.40. The van der Waals surface area contributed by atoms with Crippen LogP contribution in [0.1, 0.15) is 13.8 Å². The Balaban J connectivity index is 2.27. The van der Waals surface area contributed by atoms with Crippen LogP contribution in [0, 0.1) is 5.92 Å². The molecule has 0 aromatic heterocycles. The van der Waals surface area contributed by atoms with Crippen LogP contribution in [-0.2, 0) is 9.47 Å². The summed E-state index contributed by atoms with van der Waals surface area (Å²) in [5.41, 5.74) is 5.98. The van der Waals surface area contributed by atoms with Crippen molar-refractivity contribution < 1.29 is 9.47 Å². The summed E-state index contributed by atoms with van der Waals surface area (Å²) < 4.78 is 10.6. The van der Waals surface area contributed by atoms with E-state index in [2.05, 4.69) is 18.7 Å². The molecule has 1 saturated heterocycles. The maximum absolute atomic E-state index is 5.98. The van der Waals surface area contributed by atoms with Gasteiger partial charge in [0.1, 0.15) is 0 Å². The fourth-order valence-electron chi connectivity index (χ4n) is 1.61. The third kappa shape index (κ3) is 2.45. The predicted molar refractivity (Wildman–Crippen MR) is 56.0 cm³/mol. The van der Waals surface area contributed by atoms with Gasteiger partial charge in [-0.15, -0.1) is 0 Å². The second kappa shape index (κ2) is 4.57. The molecule has 0 aromatic rings. The van der Waals surface area contributed by atoms with Crippen molar-refractivity contribution in [2.45, 2.75) is 25.7 Å². The molecule has 0 bridgehead atoms. The lowest BCUT2D eigenvalue weighted by atomic mass is 10.0. The summed E-state index contributed by atoms with van der Waals surface area (Å²) in [6.45, 7) is 6.85. The van der Waals surface area contributed by atoms with Gasteiger partial charge in [-0.05, 0) is 5.92 Å². The number of methoxy groups -OCH3 is 2. The van der Waals surface area contributed by atoms with E-state index in [4.69, 9.17) is 15.2 Å². The molecule has 0 saturated carbocycles. The molecule has 1 rings (SSSR count). The molecule has 4 nitrogen and oxygen atoms in total. The van der Waals surface area contributed by atoms with Crippen molar-refractivity contribution in [1.29, 1.82) is 0 Å². The number of hydrogen-bond donors (Lipinski definition) is 1. The Labute approximate surface area is 86.3 Å². The van der Waals surface area contributed by atoms with Crippen molar-refractivity contribution in [3.8, 4) is 0 Å². The van der Waals surface area contributed by atoms with Crippen LogP contribution in [0.15, 0.2) is 0 Å². The van der Waals surface area contributed by atoms with Gasteiger partial charge >= 0.3 is 0 Å². The number of nitrogens with zero attached hydrogens (tertiary/aromatic N) is 1. The molecular weight excluding hydrogens is 180 g/mol.